The highest BCUT2D eigenvalue weighted by Crippen LogP contribution is 2.27. The highest BCUT2D eigenvalue weighted by molar-refractivity contribution is 7.80. The van der Waals surface area contributed by atoms with Crippen LogP contribution in [-0.2, 0) is 9.59 Å². The van der Waals surface area contributed by atoms with Gasteiger partial charge in [0.2, 0.25) is 5.91 Å². The van der Waals surface area contributed by atoms with Crippen molar-refractivity contribution in [3.05, 3.63) is 65.9 Å². The number of anilines is 2. The van der Waals surface area contributed by atoms with E-state index >= 15 is 0 Å². The van der Waals surface area contributed by atoms with Gasteiger partial charge in [-0.05, 0) is 48.1 Å². The van der Waals surface area contributed by atoms with E-state index in [4.69, 9.17) is 12.2 Å². The highest BCUT2D eigenvalue weighted by Gasteiger charge is 2.36. The van der Waals surface area contributed by atoms with E-state index in [0.29, 0.717) is 16.5 Å². The lowest BCUT2D eigenvalue weighted by Gasteiger charge is -2.16. The first-order chi connectivity index (χ1) is 12.0. The van der Waals surface area contributed by atoms with Gasteiger partial charge in [0.05, 0.1) is 5.69 Å². The molecule has 1 heterocycles. The molecule has 2 aromatic rings. The van der Waals surface area contributed by atoms with Crippen LogP contribution in [0.3, 0.4) is 0 Å². The topological polar surface area (TPSA) is 52.7 Å². The molecule has 126 valence electrons. The van der Waals surface area contributed by atoms with E-state index in [0.717, 1.165) is 11.3 Å². The Morgan fingerprint density at radius 2 is 1.72 bits per heavy atom. The number of para-hydroxylation sites is 1. The molecule has 1 N–H and O–H groups in total. The lowest BCUT2D eigenvalue weighted by Crippen LogP contribution is -2.30. The van der Waals surface area contributed by atoms with Crippen molar-refractivity contribution in [3.63, 3.8) is 0 Å². The van der Waals surface area contributed by atoms with Crippen molar-refractivity contribution in [3.8, 4) is 0 Å². The zero-order valence-electron chi connectivity index (χ0n) is 13.9. The Hall–Kier alpha value is -2.99. The maximum atomic E-state index is 12.8. The average Bonchev–Trinajstić information content (AvgIpc) is 2.80. The fourth-order valence-electron chi connectivity index (χ4n) is 2.59. The summed E-state index contributed by atoms with van der Waals surface area (Å²) >= 11 is 5.43. The van der Waals surface area contributed by atoms with Crippen LogP contribution in [0.2, 0.25) is 0 Å². The molecular formula is C19H17N3O2S. The quantitative estimate of drug-likeness (QED) is 0.681. The van der Waals surface area contributed by atoms with Gasteiger partial charge in [0.1, 0.15) is 5.70 Å². The molecule has 0 unspecified atom stereocenters. The maximum Gasteiger partial charge on any atom is 0.281 e. The summed E-state index contributed by atoms with van der Waals surface area (Å²) in [5, 5.41) is 3.15. The smallest absolute Gasteiger partial charge is 0.281 e. The number of amides is 2. The molecule has 1 aliphatic rings. The second-order valence-electron chi connectivity index (χ2n) is 5.65. The van der Waals surface area contributed by atoms with Crippen LogP contribution in [0.25, 0.3) is 6.08 Å². The second kappa shape index (κ2) is 6.86. The van der Waals surface area contributed by atoms with Crippen molar-refractivity contribution in [2.24, 2.45) is 0 Å². The van der Waals surface area contributed by atoms with Crippen LogP contribution in [0.5, 0.6) is 0 Å². The van der Waals surface area contributed by atoms with E-state index in [1.165, 1.54) is 11.8 Å². The van der Waals surface area contributed by atoms with E-state index in [-0.39, 0.29) is 11.8 Å². The molecule has 0 bridgehead atoms. The average molecular weight is 351 g/mol. The lowest BCUT2D eigenvalue weighted by molar-refractivity contribution is -0.115. The molecule has 25 heavy (non-hydrogen) atoms. The van der Waals surface area contributed by atoms with Crippen LogP contribution in [-0.4, -0.2) is 28.9 Å². The summed E-state index contributed by atoms with van der Waals surface area (Å²) in [6.45, 7) is 1.46. The molecule has 1 aliphatic heterocycles. The number of likely N-dealkylation sites (N-methyl/N-ethyl adjacent to an activating group) is 1. The fourth-order valence-corrected chi connectivity index (χ4v) is 2.87. The van der Waals surface area contributed by atoms with Gasteiger partial charge in [-0.15, -0.1) is 0 Å². The Balaban J connectivity index is 1.89. The zero-order chi connectivity index (χ0) is 18.0. The summed E-state index contributed by atoms with van der Waals surface area (Å²) in [5.74, 6) is -0.287. The molecule has 1 fully saturated rings. The molecule has 0 radical (unpaired) electrons. The number of nitrogens with zero attached hydrogens (tertiary/aromatic N) is 2. The van der Waals surface area contributed by atoms with Crippen LogP contribution in [0, 0.1) is 0 Å². The van der Waals surface area contributed by atoms with Crippen molar-refractivity contribution in [2.45, 2.75) is 6.92 Å². The number of carbonyl (C=O) groups excluding carboxylic acids is 2. The third-order valence-electron chi connectivity index (χ3n) is 3.81. The summed E-state index contributed by atoms with van der Waals surface area (Å²) < 4.78 is 0. The van der Waals surface area contributed by atoms with Crippen LogP contribution in [0.1, 0.15) is 12.5 Å². The van der Waals surface area contributed by atoms with Crippen LogP contribution >= 0.6 is 12.2 Å². The molecule has 1 saturated heterocycles. The Morgan fingerprint density at radius 1 is 1.08 bits per heavy atom. The Morgan fingerprint density at radius 3 is 2.32 bits per heavy atom. The van der Waals surface area contributed by atoms with Gasteiger partial charge >= 0.3 is 0 Å². The largest absolute Gasteiger partial charge is 0.326 e. The van der Waals surface area contributed by atoms with E-state index in [1.807, 2.05) is 42.5 Å². The molecule has 3 rings (SSSR count). The normalized spacial score (nSPS) is 15.8. The molecule has 0 atom stereocenters. The predicted octanol–water partition coefficient (Wildman–Crippen LogP) is 3.25. The third kappa shape index (κ3) is 3.44. The van der Waals surface area contributed by atoms with Crippen LogP contribution in [0.4, 0.5) is 11.4 Å². The van der Waals surface area contributed by atoms with E-state index in [1.54, 1.807) is 30.2 Å². The Labute approximate surface area is 151 Å². The van der Waals surface area contributed by atoms with Crippen molar-refractivity contribution in [1.82, 2.24) is 4.90 Å². The van der Waals surface area contributed by atoms with Gasteiger partial charge < -0.3 is 10.2 Å². The molecule has 5 nitrogen and oxygen atoms in total. The van der Waals surface area contributed by atoms with Gasteiger partial charge in [-0.2, -0.15) is 0 Å². The van der Waals surface area contributed by atoms with Crippen molar-refractivity contribution < 1.29 is 9.59 Å². The summed E-state index contributed by atoms with van der Waals surface area (Å²) in [4.78, 5) is 27.1. The van der Waals surface area contributed by atoms with Gasteiger partial charge in [0.25, 0.3) is 5.91 Å². The minimum atomic E-state index is -0.162. The van der Waals surface area contributed by atoms with Gasteiger partial charge in [-0.1, -0.05) is 30.3 Å². The van der Waals surface area contributed by atoms with Gasteiger partial charge in [0, 0.05) is 19.7 Å². The number of hydrogen-bond donors (Lipinski definition) is 1. The SMILES string of the molecule is CC(=O)Nc1ccc(C=C2C(=O)N(c3ccccc3)C(=S)N2C)cc1. The minimum Gasteiger partial charge on any atom is -0.326 e. The minimum absolute atomic E-state index is 0.124. The Kier molecular flexibility index (Phi) is 4.63. The first-order valence-corrected chi connectivity index (χ1v) is 8.15. The zero-order valence-corrected chi connectivity index (χ0v) is 14.7. The first kappa shape index (κ1) is 16.9. The summed E-state index contributed by atoms with van der Waals surface area (Å²) in [5.41, 5.74) is 2.80. The predicted molar refractivity (Wildman–Crippen MR) is 103 cm³/mol. The standard InChI is InChI=1S/C19H17N3O2S/c1-13(23)20-15-10-8-14(9-11-15)12-17-18(24)22(19(25)21(17)2)16-6-4-3-5-7-16/h3-12H,1-2H3,(H,20,23). The van der Waals surface area contributed by atoms with Crippen LogP contribution < -0.4 is 10.2 Å². The molecule has 2 aromatic carbocycles. The molecule has 2 amide bonds. The summed E-state index contributed by atoms with van der Waals surface area (Å²) in [6, 6.07) is 16.6. The Bertz CT molecular complexity index is 860. The van der Waals surface area contributed by atoms with Crippen molar-refractivity contribution >= 4 is 46.6 Å². The lowest BCUT2D eigenvalue weighted by atomic mass is 10.1. The van der Waals surface area contributed by atoms with E-state index in [9.17, 15) is 9.59 Å². The van der Waals surface area contributed by atoms with Gasteiger partial charge in [-0.3, -0.25) is 14.5 Å². The highest BCUT2D eigenvalue weighted by atomic mass is 32.1. The number of thiocarbonyl (C=S) groups is 1. The molecule has 0 saturated carbocycles. The van der Waals surface area contributed by atoms with Gasteiger partial charge in [-0.25, -0.2) is 0 Å². The first-order valence-electron chi connectivity index (χ1n) is 7.74. The molecule has 0 spiro atoms. The number of carbonyl (C=O) groups is 2. The third-order valence-corrected chi connectivity index (χ3v) is 4.27. The fraction of sp³-hybridized carbons (Fsp3) is 0.105. The maximum absolute atomic E-state index is 12.8. The number of rotatable bonds is 3. The number of hydrogen-bond acceptors (Lipinski definition) is 3. The van der Waals surface area contributed by atoms with Crippen molar-refractivity contribution in [2.75, 3.05) is 17.3 Å². The van der Waals surface area contributed by atoms with Crippen LogP contribution in [0.15, 0.2) is 60.3 Å². The van der Waals surface area contributed by atoms with E-state index < -0.39 is 0 Å². The molecule has 0 aromatic heterocycles. The number of benzene rings is 2. The van der Waals surface area contributed by atoms with E-state index in [2.05, 4.69) is 5.32 Å². The van der Waals surface area contributed by atoms with Crippen molar-refractivity contribution in [1.29, 1.82) is 0 Å². The molecule has 6 heteroatoms. The van der Waals surface area contributed by atoms with Gasteiger partial charge in [0.15, 0.2) is 5.11 Å². The summed E-state index contributed by atoms with van der Waals surface area (Å²) in [6.07, 6.45) is 1.79. The molecule has 0 aliphatic carbocycles. The monoisotopic (exact) mass is 351 g/mol. The summed E-state index contributed by atoms with van der Waals surface area (Å²) in [7, 11) is 1.78. The molecular weight excluding hydrogens is 334 g/mol. The second-order valence-corrected chi connectivity index (χ2v) is 6.02. The number of nitrogens with one attached hydrogen (secondary N) is 1.